The van der Waals surface area contributed by atoms with Crippen LogP contribution in [0.1, 0.15) is 0 Å². The second-order valence-corrected chi connectivity index (χ2v) is 5.93. The van der Waals surface area contributed by atoms with Crippen LogP contribution >= 0.6 is 22.7 Å². The quantitative estimate of drug-likeness (QED) is 0.505. The van der Waals surface area contributed by atoms with E-state index in [1.54, 1.807) is 22.7 Å². The van der Waals surface area contributed by atoms with Crippen molar-refractivity contribution in [1.29, 1.82) is 0 Å². The predicted octanol–water partition coefficient (Wildman–Crippen LogP) is 4.57. The standard InChI is InChI=1S/C14H8N2S2/c1-2-4-11-10(3-1)16-14(18-11)12-13-9(5-7-15-12)6-8-17-13/h1-8H. The van der Waals surface area contributed by atoms with E-state index in [9.17, 15) is 0 Å². The van der Waals surface area contributed by atoms with Crippen molar-refractivity contribution in [2.45, 2.75) is 0 Å². The molecule has 3 heterocycles. The van der Waals surface area contributed by atoms with E-state index in [0.717, 1.165) is 16.2 Å². The molecule has 2 nitrogen and oxygen atoms in total. The van der Waals surface area contributed by atoms with Crippen molar-refractivity contribution in [3.05, 3.63) is 48.0 Å². The molecule has 0 aliphatic rings. The molecule has 4 heteroatoms. The SMILES string of the molecule is c1ccc2sc(-c3nccc4ccsc34)nc2c1. The van der Waals surface area contributed by atoms with Crippen LogP contribution in [0, 0.1) is 0 Å². The van der Waals surface area contributed by atoms with E-state index in [1.165, 1.54) is 14.8 Å². The van der Waals surface area contributed by atoms with E-state index in [-0.39, 0.29) is 0 Å². The zero-order valence-electron chi connectivity index (χ0n) is 9.33. The van der Waals surface area contributed by atoms with Gasteiger partial charge < -0.3 is 0 Å². The molecular weight excluding hydrogens is 260 g/mol. The molecule has 86 valence electrons. The molecule has 0 spiro atoms. The Hall–Kier alpha value is -1.78. The number of pyridine rings is 1. The summed E-state index contributed by atoms with van der Waals surface area (Å²) in [7, 11) is 0. The van der Waals surface area contributed by atoms with Gasteiger partial charge in [0, 0.05) is 6.20 Å². The molecule has 4 rings (SSSR count). The van der Waals surface area contributed by atoms with Crippen molar-refractivity contribution in [2.24, 2.45) is 0 Å². The molecule has 0 fully saturated rings. The average molecular weight is 268 g/mol. The lowest BCUT2D eigenvalue weighted by Gasteiger charge is -1.96. The molecule has 0 aliphatic carbocycles. The normalized spacial score (nSPS) is 11.3. The van der Waals surface area contributed by atoms with Gasteiger partial charge in [-0.2, -0.15) is 0 Å². The highest BCUT2D eigenvalue weighted by Crippen LogP contribution is 2.35. The fraction of sp³-hybridized carbons (Fsp3) is 0. The minimum absolute atomic E-state index is 1.00. The molecule has 0 radical (unpaired) electrons. The third kappa shape index (κ3) is 1.46. The molecule has 0 saturated carbocycles. The Bertz CT molecular complexity index is 812. The van der Waals surface area contributed by atoms with Crippen LogP contribution in [0.4, 0.5) is 0 Å². The number of hydrogen-bond donors (Lipinski definition) is 0. The molecule has 18 heavy (non-hydrogen) atoms. The van der Waals surface area contributed by atoms with Crippen molar-refractivity contribution in [3.63, 3.8) is 0 Å². The summed E-state index contributed by atoms with van der Waals surface area (Å²) in [6.07, 6.45) is 1.86. The zero-order valence-corrected chi connectivity index (χ0v) is 11.0. The first-order valence-corrected chi connectivity index (χ1v) is 7.29. The van der Waals surface area contributed by atoms with E-state index in [4.69, 9.17) is 0 Å². The average Bonchev–Trinajstić information content (AvgIpc) is 3.04. The van der Waals surface area contributed by atoms with Crippen molar-refractivity contribution >= 4 is 43.0 Å². The summed E-state index contributed by atoms with van der Waals surface area (Å²) in [4.78, 5) is 9.18. The van der Waals surface area contributed by atoms with Gasteiger partial charge in [0.1, 0.15) is 10.7 Å². The van der Waals surface area contributed by atoms with Crippen LogP contribution in [-0.4, -0.2) is 9.97 Å². The number of rotatable bonds is 1. The predicted molar refractivity (Wildman–Crippen MR) is 78.2 cm³/mol. The van der Waals surface area contributed by atoms with Gasteiger partial charge in [-0.15, -0.1) is 22.7 Å². The third-order valence-electron chi connectivity index (χ3n) is 2.86. The van der Waals surface area contributed by atoms with Crippen LogP contribution < -0.4 is 0 Å². The first-order valence-electron chi connectivity index (χ1n) is 5.60. The highest BCUT2D eigenvalue weighted by Gasteiger charge is 2.11. The van der Waals surface area contributed by atoms with Gasteiger partial charge in [-0.3, -0.25) is 4.98 Å². The monoisotopic (exact) mass is 268 g/mol. The molecule has 3 aromatic heterocycles. The molecule has 0 saturated heterocycles. The number of thiophene rings is 1. The summed E-state index contributed by atoms with van der Waals surface area (Å²) in [5, 5.41) is 4.34. The maximum Gasteiger partial charge on any atom is 0.144 e. The molecule has 0 aliphatic heterocycles. The highest BCUT2D eigenvalue weighted by atomic mass is 32.1. The fourth-order valence-corrected chi connectivity index (χ4v) is 3.94. The fourth-order valence-electron chi connectivity index (χ4n) is 2.02. The summed E-state index contributed by atoms with van der Waals surface area (Å²) in [5.74, 6) is 0. The maximum atomic E-state index is 4.68. The maximum absolute atomic E-state index is 4.68. The molecule has 0 N–H and O–H groups in total. The smallest absolute Gasteiger partial charge is 0.144 e. The van der Waals surface area contributed by atoms with Crippen molar-refractivity contribution in [3.8, 4) is 10.7 Å². The van der Waals surface area contributed by atoms with E-state index in [1.807, 2.05) is 30.5 Å². The summed E-state index contributed by atoms with van der Waals surface area (Å²) >= 11 is 3.42. The lowest BCUT2D eigenvalue weighted by molar-refractivity contribution is 1.34. The van der Waals surface area contributed by atoms with Crippen LogP contribution in [0.3, 0.4) is 0 Å². The molecule has 0 bridgehead atoms. The molecule has 0 atom stereocenters. The van der Waals surface area contributed by atoms with Gasteiger partial charge in [-0.25, -0.2) is 4.98 Å². The lowest BCUT2D eigenvalue weighted by atomic mass is 10.3. The first-order chi connectivity index (χ1) is 8.92. The highest BCUT2D eigenvalue weighted by molar-refractivity contribution is 7.22. The topological polar surface area (TPSA) is 25.8 Å². The number of para-hydroxylation sites is 1. The van der Waals surface area contributed by atoms with Gasteiger partial charge in [-0.1, -0.05) is 12.1 Å². The number of nitrogens with zero attached hydrogens (tertiary/aromatic N) is 2. The van der Waals surface area contributed by atoms with E-state index in [2.05, 4.69) is 27.5 Å². The van der Waals surface area contributed by atoms with Gasteiger partial charge in [0.2, 0.25) is 0 Å². The van der Waals surface area contributed by atoms with E-state index >= 15 is 0 Å². The van der Waals surface area contributed by atoms with E-state index < -0.39 is 0 Å². The van der Waals surface area contributed by atoms with Crippen molar-refractivity contribution in [1.82, 2.24) is 9.97 Å². The summed E-state index contributed by atoms with van der Waals surface area (Å²) in [5.41, 5.74) is 2.05. The first kappa shape index (κ1) is 10.2. The second-order valence-electron chi connectivity index (χ2n) is 3.99. The molecular formula is C14H8N2S2. The van der Waals surface area contributed by atoms with Crippen molar-refractivity contribution < 1.29 is 0 Å². The Labute approximate surface area is 112 Å². The largest absolute Gasteiger partial charge is 0.252 e. The second kappa shape index (κ2) is 3.86. The lowest BCUT2D eigenvalue weighted by Crippen LogP contribution is -1.81. The molecule has 1 aromatic carbocycles. The van der Waals surface area contributed by atoms with Crippen LogP contribution in [-0.2, 0) is 0 Å². The Balaban J connectivity index is 2.04. The molecule has 4 aromatic rings. The van der Waals surface area contributed by atoms with Crippen LogP contribution in [0.2, 0.25) is 0 Å². The molecule has 0 amide bonds. The van der Waals surface area contributed by atoms with Gasteiger partial charge in [-0.05, 0) is 35.0 Å². The van der Waals surface area contributed by atoms with Gasteiger partial charge in [0.05, 0.1) is 14.9 Å². The summed E-state index contributed by atoms with van der Waals surface area (Å²) in [6.45, 7) is 0. The molecule has 0 unspecified atom stereocenters. The Morgan fingerprint density at radius 3 is 2.89 bits per heavy atom. The minimum atomic E-state index is 1.00. The third-order valence-corrected chi connectivity index (χ3v) is 4.84. The number of hydrogen-bond acceptors (Lipinski definition) is 4. The van der Waals surface area contributed by atoms with Crippen LogP contribution in [0.5, 0.6) is 0 Å². The van der Waals surface area contributed by atoms with Gasteiger partial charge in [0.15, 0.2) is 0 Å². The summed E-state index contributed by atoms with van der Waals surface area (Å²) < 4.78 is 2.43. The van der Waals surface area contributed by atoms with Crippen LogP contribution in [0.15, 0.2) is 48.0 Å². The van der Waals surface area contributed by atoms with Gasteiger partial charge in [0.25, 0.3) is 0 Å². The van der Waals surface area contributed by atoms with Gasteiger partial charge >= 0.3 is 0 Å². The Morgan fingerprint density at radius 2 is 1.94 bits per heavy atom. The number of fused-ring (bicyclic) bond motifs is 2. The van der Waals surface area contributed by atoms with E-state index in [0.29, 0.717) is 0 Å². The Morgan fingerprint density at radius 1 is 1.00 bits per heavy atom. The summed E-state index contributed by atoms with van der Waals surface area (Å²) in [6, 6.07) is 12.4. The zero-order chi connectivity index (χ0) is 11.9. The van der Waals surface area contributed by atoms with Crippen LogP contribution in [0.25, 0.3) is 31.0 Å². The number of aromatic nitrogens is 2. The van der Waals surface area contributed by atoms with Crippen molar-refractivity contribution in [2.75, 3.05) is 0 Å². The number of thiazole rings is 1. The number of benzene rings is 1. The Kier molecular flexibility index (Phi) is 2.18. The minimum Gasteiger partial charge on any atom is -0.252 e.